The normalized spacial score (nSPS) is 10.9. The van der Waals surface area contributed by atoms with Gasteiger partial charge in [-0.1, -0.05) is 52.0 Å². The second-order valence-electron chi connectivity index (χ2n) is 7.19. The lowest BCUT2D eigenvalue weighted by molar-refractivity contribution is -0.113. The number of halogens is 1. The molecule has 1 N–H and O–H groups in total. The molecule has 4 rings (SSSR count). The molecule has 0 aliphatic carbocycles. The van der Waals surface area contributed by atoms with Gasteiger partial charge in [0.1, 0.15) is 0 Å². The summed E-state index contributed by atoms with van der Waals surface area (Å²) in [6.45, 7) is 0. The van der Waals surface area contributed by atoms with Crippen molar-refractivity contribution in [3.8, 4) is 22.6 Å². The molecule has 1 amide bonds. The van der Waals surface area contributed by atoms with Gasteiger partial charge in [-0.2, -0.15) is 0 Å². The Morgan fingerprint density at radius 2 is 1.94 bits per heavy atom. The standard InChI is InChI=1S/C22H21BrN6OS2/c1-28(2)17-6-4-5-15(11-17)20-26-27-22(29(20)3)32-13-19(30)25-21-24-18(12-31-21)14-7-9-16(23)10-8-14/h4-12H,13H2,1-3H3,(H,24,25,30). The lowest BCUT2D eigenvalue weighted by Gasteiger charge is -2.13. The van der Waals surface area contributed by atoms with Gasteiger partial charge in [0, 0.05) is 47.8 Å². The molecule has 0 fully saturated rings. The molecule has 4 aromatic rings. The molecule has 32 heavy (non-hydrogen) atoms. The highest BCUT2D eigenvalue weighted by molar-refractivity contribution is 9.10. The van der Waals surface area contributed by atoms with Crippen LogP contribution in [0.1, 0.15) is 0 Å². The molecule has 2 heterocycles. The zero-order valence-electron chi connectivity index (χ0n) is 17.7. The second-order valence-corrected chi connectivity index (χ2v) is 9.91. The Morgan fingerprint density at radius 1 is 1.16 bits per heavy atom. The van der Waals surface area contributed by atoms with E-state index in [-0.39, 0.29) is 11.7 Å². The van der Waals surface area contributed by atoms with Crippen LogP contribution in [0.5, 0.6) is 0 Å². The van der Waals surface area contributed by atoms with E-state index >= 15 is 0 Å². The molecular weight excluding hydrogens is 508 g/mol. The van der Waals surface area contributed by atoms with Crippen LogP contribution in [0, 0.1) is 0 Å². The van der Waals surface area contributed by atoms with Crippen LogP contribution >= 0.6 is 39.0 Å². The fourth-order valence-corrected chi connectivity index (χ4v) is 4.70. The maximum absolute atomic E-state index is 12.4. The van der Waals surface area contributed by atoms with Gasteiger partial charge < -0.3 is 14.8 Å². The highest BCUT2D eigenvalue weighted by Gasteiger charge is 2.14. The van der Waals surface area contributed by atoms with Crippen molar-refractivity contribution in [1.82, 2.24) is 19.7 Å². The highest BCUT2D eigenvalue weighted by atomic mass is 79.9. The van der Waals surface area contributed by atoms with Crippen molar-refractivity contribution in [3.63, 3.8) is 0 Å². The third-order valence-corrected chi connectivity index (χ3v) is 6.99. The minimum atomic E-state index is -0.133. The van der Waals surface area contributed by atoms with Crippen LogP contribution in [-0.4, -0.2) is 45.5 Å². The Bertz CT molecular complexity index is 1240. The van der Waals surface area contributed by atoms with Gasteiger partial charge in [0.15, 0.2) is 16.1 Å². The van der Waals surface area contributed by atoms with Crippen molar-refractivity contribution in [2.24, 2.45) is 7.05 Å². The topological polar surface area (TPSA) is 75.9 Å². The van der Waals surface area contributed by atoms with E-state index in [4.69, 9.17) is 0 Å². The quantitative estimate of drug-likeness (QED) is 0.333. The summed E-state index contributed by atoms with van der Waals surface area (Å²) in [4.78, 5) is 19.0. The molecule has 10 heteroatoms. The molecule has 164 valence electrons. The summed E-state index contributed by atoms with van der Waals surface area (Å²) in [5, 5.41) is 14.6. The predicted molar refractivity (Wildman–Crippen MR) is 135 cm³/mol. The zero-order chi connectivity index (χ0) is 22.7. The molecule has 0 atom stereocenters. The summed E-state index contributed by atoms with van der Waals surface area (Å²) in [6, 6.07) is 16.0. The van der Waals surface area contributed by atoms with Crippen LogP contribution in [0.3, 0.4) is 0 Å². The van der Waals surface area contributed by atoms with Crippen LogP contribution in [-0.2, 0) is 11.8 Å². The first-order valence-corrected chi connectivity index (χ1v) is 12.4. The van der Waals surface area contributed by atoms with E-state index in [0.29, 0.717) is 10.3 Å². The fourth-order valence-electron chi connectivity index (χ4n) is 2.98. The second kappa shape index (κ2) is 9.85. The molecule has 2 aromatic carbocycles. The predicted octanol–water partition coefficient (Wildman–Crippen LogP) is 5.16. The zero-order valence-corrected chi connectivity index (χ0v) is 21.0. The van der Waals surface area contributed by atoms with Crippen LogP contribution in [0.15, 0.2) is 63.5 Å². The lowest BCUT2D eigenvalue weighted by atomic mass is 10.2. The van der Waals surface area contributed by atoms with Crippen molar-refractivity contribution < 1.29 is 4.79 Å². The first kappa shape index (κ1) is 22.5. The van der Waals surface area contributed by atoms with E-state index in [0.717, 1.165) is 32.8 Å². The third kappa shape index (κ3) is 5.20. The number of thioether (sulfide) groups is 1. The number of hydrogen-bond acceptors (Lipinski definition) is 7. The highest BCUT2D eigenvalue weighted by Crippen LogP contribution is 2.28. The summed E-state index contributed by atoms with van der Waals surface area (Å²) < 4.78 is 2.92. The molecule has 0 aliphatic rings. The minimum absolute atomic E-state index is 0.133. The molecule has 0 bridgehead atoms. The molecule has 7 nitrogen and oxygen atoms in total. The number of carbonyl (C=O) groups is 1. The number of nitrogens with zero attached hydrogens (tertiary/aromatic N) is 5. The van der Waals surface area contributed by atoms with E-state index in [1.54, 1.807) is 0 Å². The van der Waals surface area contributed by atoms with Gasteiger partial charge in [0.25, 0.3) is 0 Å². The number of nitrogens with one attached hydrogen (secondary N) is 1. The van der Waals surface area contributed by atoms with E-state index in [9.17, 15) is 4.79 Å². The van der Waals surface area contributed by atoms with Gasteiger partial charge in [-0.05, 0) is 24.3 Å². The number of amides is 1. The van der Waals surface area contributed by atoms with E-state index < -0.39 is 0 Å². The lowest BCUT2D eigenvalue weighted by Crippen LogP contribution is -2.14. The Morgan fingerprint density at radius 3 is 2.69 bits per heavy atom. The summed E-state index contributed by atoms with van der Waals surface area (Å²) >= 11 is 6.18. The van der Waals surface area contributed by atoms with E-state index in [1.807, 2.05) is 78.5 Å². The first-order chi connectivity index (χ1) is 15.4. The van der Waals surface area contributed by atoms with Crippen LogP contribution in [0.2, 0.25) is 0 Å². The SMILES string of the molecule is CN(C)c1cccc(-c2nnc(SCC(=O)Nc3nc(-c4ccc(Br)cc4)cs3)n2C)c1. The average Bonchev–Trinajstić information content (AvgIpc) is 3.39. The number of aromatic nitrogens is 4. The molecule has 0 saturated heterocycles. The maximum atomic E-state index is 12.4. The Hall–Kier alpha value is -2.69. The summed E-state index contributed by atoms with van der Waals surface area (Å²) in [7, 11) is 5.91. The van der Waals surface area contributed by atoms with Crippen molar-refractivity contribution >= 4 is 55.8 Å². The largest absolute Gasteiger partial charge is 0.378 e. The molecule has 0 saturated carbocycles. The van der Waals surface area contributed by atoms with Gasteiger partial charge in [-0.15, -0.1) is 21.5 Å². The Balaban J connectivity index is 1.38. The number of anilines is 2. The molecule has 2 aromatic heterocycles. The fraction of sp³-hybridized carbons (Fsp3) is 0.182. The summed E-state index contributed by atoms with van der Waals surface area (Å²) in [6.07, 6.45) is 0. The number of benzene rings is 2. The average molecular weight is 529 g/mol. The van der Waals surface area contributed by atoms with E-state index in [2.05, 4.69) is 42.5 Å². The van der Waals surface area contributed by atoms with Gasteiger partial charge in [0.2, 0.25) is 5.91 Å². The molecule has 0 radical (unpaired) electrons. The van der Waals surface area contributed by atoms with Crippen molar-refractivity contribution in [1.29, 1.82) is 0 Å². The maximum Gasteiger partial charge on any atom is 0.236 e. The van der Waals surface area contributed by atoms with Crippen molar-refractivity contribution in [2.75, 3.05) is 30.1 Å². The van der Waals surface area contributed by atoms with E-state index in [1.165, 1.54) is 23.1 Å². The number of hydrogen-bond donors (Lipinski definition) is 1. The van der Waals surface area contributed by atoms with Crippen LogP contribution in [0.25, 0.3) is 22.6 Å². The number of thiazole rings is 1. The van der Waals surface area contributed by atoms with Crippen LogP contribution < -0.4 is 10.2 Å². The van der Waals surface area contributed by atoms with Crippen molar-refractivity contribution in [3.05, 3.63) is 58.4 Å². The minimum Gasteiger partial charge on any atom is -0.378 e. The summed E-state index contributed by atoms with van der Waals surface area (Å²) in [5.41, 5.74) is 3.91. The Labute approximate surface area is 203 Å². The van der Waals surface area contributed by atoms with Gasteiger partial charge in [-0.25, -0.2) is 4.98 Å². The summed E-state index contributed by atoms with van der Waals surface area (Å²) in [5.74, 6) is 0.846. The number of rotatable bonds is 7. The third-order valence-electron chi connectivity index (χ3n) is 4.68. The molecule has 0 unspecified atom stereocenters. The molecule has 0 spiro atoms. The molecular formula is C22H21BrN6OS2. The monoisotopic (exact) mass is 528 g/mol. The van der Waals surface area contributed by atoms with Gasteiger partial charge in [0.05, 0.1) is 11.4 Å². The Kier molecular flexibility index (Phi) is 6.92. The first-order valence-electron chi connectivity index (χ1n) is 9.72. The molecule has 0 aliphatic heterocycles. The smallest absolute Gasteiger partial charge is 0.236 e. The van der Waals surface area contributed by atoms with Gasteiger partial charge >= 0.3 is 0 Å². The van der Waals surface area contributed by atoms with Crippen LogP contribution in [0.4, 0.5) is 10.8 Å². The van der Waals surface area contributed by atoms with Crippen molar-refractivity contribution in [2.45, 2.75) is 5.16 Å². The number of carbonyl (C=O) groups excluding carboxylic acids is 1. The van der Waals surface area contributed by atoms with Gasteiger partial charge in [-0.3, -0.25) is 4.79 Å².